The van der Waals surface area contributed by atoms with Gasteiger partial charge in [-0.1, -0.05) is 13.0 Å². The summed E-state index contributed by atoms with van der Waals surface area (Å²) in [5, 5.41) is 7.66. The summed E-state index contributed by atoms with van der Waals surface area (Å²) in [6, 6.07) is 4.06. The Kier molecular flexibility index (Phi) is 8.26. The fraction of sp³-hybridized carbons (Fsp3) is 0.524. The lowest BCUT2D eigenvalue weighted by Gasteiger charge is -2.35. The van der Waals surface area contributed by atoms with E-state index in [-0.39, 0.29) is 32.1 Å². The van der Waals surface area contributed by atoms with E-state index >= 15 is 0 Å². The molecule has 1 aliphatic heterocycles. The average molecular weight is 468 g/mol. The van der Waals surface area contributed by atoms with Crippen molar-refractivity contribution < 1.29 is 22.7 Å². The van der Waals surface area contributed by atoms with E-state index in [4.69, 9.17) is 4.74 Å². The van der Waals surface area contributed by atoms with Crippen LogP contribution in [0, 0.1) is 0 Å². The number of rotatable bonds is 9. The number of nitrogens with one attached hydrogen (secondary N) is 2. The van der Waals surface area contributed by atoms with E-state index in [1.807, 2.05) is 12.3 Å². The van der Waals surface area contributed by atoms with Gasteiger partial charge in [0.15, 0.2) is 0 Å². The third-order valence-electron chi connectivity index (χ3n) is 5.34. The van der Waals surface area contributed by atoms with Gasteiger partial charge in [-0.3, -0.25) is 9.59 Å². The Morgan fingerprint density at radius 1 is 1.18 bits per heavy atom. The molecule has 0 unspecified atom stereocenters. The Hall–Kier alpha value is -3.15. The van der Waals surface area contributed by atoms with Gasteiger partial charge in [0, 0.05) is 38.9 Å². The van der Waals surface area contributed by atoms with Gasteiger partial charge >= 0.3 is 6.18 Å². The fourth-order valence-corrected chi connectivity index (χ4v) is 3.49. The van der Waals surface area contributed by atoms with E-state index in [0.717, 1.165) is 18.4 Å². The highest BCUT2D eigenvalue weighted by Gasteiger charge is 2.37. The molecule has 0 spiro atoms. The zero-order valence-corrected chi connectivity index (χ0v) is 18.3. The van der Waals surface area contributed by atoms with Gasteiger partial charge in [-0.05, 0) is 18.1 Å². The second-order valence-corrected chi connectivity index (χ2v) is 7.52. The van der Waals surface area contributed by atoms with Gasteiger partial charge in [-0.15, -0.1) is 0 Å². The van der Waals surface area contributed by atoms with Crippen molar-refractivity contribution in [1.29, 1.82) is 0 Å². The minimum atomic E-state index is -4.80. The first-order chi connectivity index (χ1) is 15.8. The summed E-state index contributed by atoms with van der Waals surface area (Å²) in [7, 11) is 0. The lowest BCUT2D eigenvalue weighted by Crippen LogP contribution is -2.49. The Labute approximate surface area is 188 Å². The van der Waals surface area contributed by atoms with Crippen molar-refractivity contribution in [3.63, 3.8) is 0 Å². The number of piperazine rings is 1. The predicted molar refractivity (Wildman–Crippen MR) is 116 cm³/mol. The smallest absolute Gasteiger partial charge is 0.381 e. The predicted octanol–water partition coefficient (Wildman–Crippen LogP) is 1.91. The molecule has 2 N–H and O–H groups in total. The number of carbonyl (C=O) groups is 1. The lowest BCUT2D eigenvalue weighted by molar-refractivity contribution is -0.138. The number of aryl methyl sites for hydroxylation is 1. The van der Waals surface area contributed by atoms with E-state index in [1.165, 1.54) is 5.56 Å². The molecule has 0 bridgehead atoms. The number of hydrogen-bond donors (Lipinski definition) is 2. The van der Waals surface area contributed by atoms with Crippen LogP contribution in [0.4, 0.5) is 24.7 Å². The number of alkyl halides is 3. The molecule has 1 amide bonds. The summed E-state index contributed by atoms with van der Waals surface area (Å²) < 4.78 is 44.3. The van der Waals surface area contributed by atoms with Crippen molar-refractivity contribution in [1.82, 2.24) is 20.1 Å². The number of carbonyl (C=O) groups excluding carboxylic acids is 1. The van der Waals surface area contributed by atoms with Crippen LogP contribution in [-0.4, -0.2) is 71.9 Å². The maximum Gasteiger partial charge on any atom is 0.423 e. The Bertz CT molecular complexity index is 972. The normalized spacial score (nSPS) is 14.4. The first kappa shape index (κ1) is 24.5. The molecule has 3 heterocycles. The van der Waals surface area contributed by atoms with Gasteiger partial charge in [0.25, 0.3) is 5.56 Å². The topological polar surface area (TPSA) is 103 Å². The molecule has 0 aromatic carbocycles. The fourth-order valence-electron chi connectivity index (χ4n) is 3.49. The molecule has 33 heavy (non-hydrogen) atoms. The van der Waals surface area contributed by atoms with Crippen molar-refractivity contribution in [2.24, 2.45) is 0 Å². The van der Waals surface area contributed by atoms with Crippen molar-refractivity contribution in [2.75, 3.05) is 56.2 Å². The molecular formula is C21H27F3N6O3. The zero-order chi connectivity index (χ0) is 23.8. The van der Waals surface area contributed by atoms with Crippen LogP contribution in [0.1, 0.15) is 24.5 Å². The van der Waals surface area contributed by atoms with Crippen molar-refractivity contribution in [3.8, 4) is 0 Å². The van der Waals surface area contributed by atoms with Crippen LogP contribution in [0.15, 0.2) is 29.3 Å². The van der Waals surface area contributed by atoms with Gasteiger partial charge in [0.05, 0.1) is 31.5 Å². The first-order valence-electron chi connectivity index (χ1n) is 10.7. The third kappa shape index (κ3) is 6.67. The quantitative estimate of drug-likeness (QED) is 0.542. The summed E-state index contributed by atoms with van der Waals surface area (Å²) in [5.74, 6) is 0.870. The summed E-state index contributed by atoms with van der Waals surface area (Å²) in [4.78, 5) is 32.2. The summed E-state index contributed by atoms with van der Waals surface area (Å²) in [5.41, 5.74) is -1.88. The van der Waals surface area contributed by atoms with Gasteiger partial charge < -0.3 is 19.9 Å². The summed E-state index contributed by atoms with van der Waals surface area (Å²) >= 11 is 0. The molecule has 0 radical (unpaired) electrons. The number of amides is 1. The number of H-pyrrole nitrogens is 1. The number of pyridine rings is 1. The van der Waals surface area contributed by atoms with Gasteiger partial charge in [0.2, 0.25) is 5.91 Å². The molecule has 2 aromatic heterocycles. The standard InChI is InChI=1S/C21H27F3N6O3/c1-2-15-3-4-17(26-13-15)29-7-9-30(10-8-29)18(31)5-11-33-12-6-25-16-14-27-28-20(32)19(16)21(22,23)24/h3-4,13-14H,2,5-12H2,1H3,(H2,25,28,32). The Morgan fingerprint density at radius 2 is 1.94 bits per heavy atom. The molecule has 1 saturated heterocycles. The van der Waals surface area contributed by atoms with Crippen LogP contribution in [0.2, 0.25) is 0 Å². The van der Waals surface area contributed by atoms with Crippen LogP contribution in [0.5, 0.6) is 0 Å². The average Bonchev–Trinajstić information content (AvgIpc) is 2.80. The van der Waals surface area contributed by atoms with E-state index in [1.54, 1.807) is 10.00 Å². The molecule has 0 aliphatic carbocycles. The van der Waals surface area contributed by atoms with Crippen molar-refractivity contribution in [2.45, 2.75) is 25.9 Å². The lowest BCUT2D eigenvalue weighted by atomic mass is 10.2. The first-order valence-corrected chi connectivity index (χ1v) is 10.7. The largest absolute Gasteiger partial charge is 0.423 e. The van der Waals surface area contributed by atoms with Crippen molar-refractivity contribution >= 4 is 17.4 Å². The highest BCUT2D eigenvalue weighted by molar-refractivity contribution is 5.76. The molecule has 0 saturated carbocycles. The highest BCUT2D eigenvalue weighted by atomic mass is 19.4. The van der Waals surface area contributed by atoms with Crippen LogP contribution < -0.4 is 15.8 Å². The minimum absolute atomic E-state index is 0.0324. The number of aromatic nitrogens is 3. The van der Waals surface area contributed by atoms with E-state index in [0.29, 0.717) is 26.2 Å². The number of nitrogens with zero attached hydrogens (tertiary/aromatic N) is 4. The summed E-state index contributed by atoms with van der Waals surface area (Å²) in [6.07, 6.45) is -0.906. The highest BCUT2D eigenvalue weighted by Crippen LogP contribution is 2.31. The molecule has 0 atom stereocenters. The minimum Gasteiger partial charge on any atom is -0.381 e. The van der Waals surface area contributed by atoms with E-state index in [9.17, 15) is 22.8 Å². The second-order valence-electron chi connectivity index (χ2n) is 7.52. The maximum absolute atomic E-state index is 13.0. The Balaban J connectivity index is 1.35. The number of aromatic amines is 1. The van der Waals surface area contributed by atoms with E-state index < -0.39 is 23.0 Å². The van der Waals surface area contributed by atoms with Crippen molar-refractivity contribution in [3.05, 3.63) is 46.0 Å². The number of hydrogen-bond acceptors (Lipinski definition) is 7. The summed E-state index contributed by atoms with van der Waals surface area (Å²) in [6.45, 7) is 4.91. The van der Waals surface area contributed by atoms with Gasteiger partial charge in [-0.25, -0.2) is 10.1 Å². The molecule has 1 fully saturated rings. The van der Waals surface area contributed by atoms with Crippen LogP contribution >= 0.6 is 0 Å². The molecule has 3 rings (SSSR count). The monoisotopic (exact) mass is 468 g/mol. The van der Waals surface area contributed by atoms with Gasteiger partial charge in [0.1, 0.15) is 11.4 Å². The molecule has 2 aromatic rings. The van der Waals surface area contributed by atoms with E-state index in [2.05, 4.69) is 33.3 Å². The SMILES string of the molecule is CCc1ccc(N2CCN(C(=O)CCOCCNc3cn[nH]c(=O)c3C(F)(F)F)CC2)nc1. The Morgan fingerprint density at radius 3 is 2.58 bits per heavy atom. The molecule has 1 aliphatic rings. The number of ether oxygens (including phenoxy) is 1. The number of halogens is 3. The molecule has 9 nitrogen and oxygen atoms in total. The maximum atomic E-state index is 13.0. The zero-order valence-electron chi connectivity index (χ0n) is 18.3. The second kappa shape index (κ2) is 11.1. The molecular weight excluding hydrogens is 441 g/mol. The number of anilines is 2. The molecule has 180 valence electrons. The van der Waals surface area contributed by atoms with Crippen LogP contribution in [0.25, 0.3) is 0 Å². The van der Waals surface area contributed by atoms with Gasteiger partial charge in [-0.2, -0.15) is 18.3 Å². The van der Waals surface area contributed by atoms with Crippen LogP contribution in [-0.2, 0) is 22.1 Å². The third-order valence-corrected chi connectivity index (χ3v) is 5.34. The molecule has 12 heteroatoms. The van der Waals surface area contributed by atoms with Crippen LogP contribution in [0.3, 0.4) is 0 Å².